The third kappa shape index (κ3) is 0.722. The van der Waals surface area contributed by atoms with Crippen molar-refractivity contribution in [2.75, 3.05) is 13.7 Å². The summed E-state index contributed by atoms with van der Waals surface area (Å²) in [5.74, 6) is 0.610. The summed E-state index contributed by atoms with van der Waals surface area (Å²) in [7, 11) is 1.77. The van der Waals surface area contributed by atoms with E-state index >= 15 is 0 Å². The molecule has 0 aliphatic heterocycles. The van der Waals surface area contributed by atoms with E-state index in [9.17, 15) is 0 Å². The van der Waals surface area contributed by atoms with Gasteiger partial charge >= 0.3 is 0 Å². The summed E-state index contributed by atoms with van der Waals surface area (Å²) < 4.78 is 5.17. The van der Waals surface area contributed by atoms with Crippen molar-refractivity contribution in [2.45, 2.75) is 25.4 Å². The van der Waals surface area contributed by atoms with Gasteiger partial charge in [0, 0.05) is 13.7 Å². The predicted molar refractivity (Wildman–Crippen MR) is 37.7 cm³/mol. The molecule has 0 aromatic heterocycles. The van der Waals surface area contributed by atoms with E-state index in [-0.39, 0.29) is 0 Å². The lowest BCUT2D eigenvalue weighted by Crippen LogP contribution is -2.33. The zero-order valence-corrected chi connectivity index (χ0v) is 6.34. The summed E-state index contributed by atoms with van der Waals surface area (Å²) in [6.45, 7) is 0.385. The van der Waals surface area contributed by atoms with Crippen molar-refractivity contribution >= 4 is 0 Å². The van der Waals surface area contributed by atoms with Gasteiger partial charge in [-0.25, -0.2) is 0 Å². The van der Waals surface area contributed by atoms with Crippen molar-refractivity contribution in [3.8, 4) is 0 Å². The fourth-order valence-electron chi connectivity index (χ4n) is 2.20. The molecule has 0 bridgehead atoms. The molecule has 2 aliphatic carbocycles. The molecule has 2 saturated carbocycles. The summed E-state index contributed by atoms with van der Waals surface area (Å²) in [6, 6.07) is 0. The highest BCUT2D eigenvalue weighted by molar-refractivity contribution is 5.10. The molecule has 0 aromatic rings. The number of aliphatic hydroxyl groups excluding tert-OH is 1. The molecule has 1 spiro atoms. The average Bonchev–Trinajstić information content (AvgIpc) is 2.58. The third-order valence-electron chi connectivity index (χ3n) is 3.18. The third-order valence-corrected chi connectivity index (χ3v) is 3.18. The molecular formula is C8H14O2. The predicted octanol–water partition coefficient (Wildman–Crippen LogP) is 0.794. The van der Waals surface area contributed by atoms with Crippen LogP contribution in [0.2, 0.25) is 0 Å². The Morgan fingerprint density at radius 2 is 2.20 bits per heavy atom. The van der Waals surface area contributed by atoms with Gasteiger partial charge in [-0.15, -0.1) is 0 Å². The van der Waals surface area contributed by atoms with Crippen LogP contribution in [0.5, 0.6) is 0 Å². The quantitative estimate of drug-likeness (QED) is 0.617. The minimum absolute atomic E-state index is 0.385. The monoisotopic (exact) mass is 142 g/mol. The average molecular weight is 142 g/mol. The molecule has 0 radical (unpaired) electrons. The molecule has 0 saturated heterocycles. The largest absolute Gasteiger partial charge is 0.396 e. The van der Waals surface area contributed by atoms with Gasteiger partial charge in [-0.2, -0.15) is 0 Å². The van der Waals surface area contributed by atoms with Crippen LogP contribution < -0.4 is 0 Å². The summed E-state index contributed by atoms with van der Waals surface area (Å²) in [5.41, 5.74) is 0.537. The van der Waals surface area contributed by atoms with E-state index in [4.69, 9.17) is 9.84 Å². The van der Waals surface area contributed by atoms with E-state index in [2.05, 4.69) is 0 Å². The topological polar surface area (TPSA) is 29.5 Å². The summed E-state index contributed by atoms with van der Waals surface area (Å²) in [6.07, 6.45) is 4.11. The van der Waals surface area contributed by atoms with E-state index in [1.165, 1.54) is 19.3 Å². The molecule has 1 unspecified atom stereocenters. The summed E-state index contributed by atoms with van der Waals surface area (Å²) >= 11 is 0. The zero-order chi connectivity index (χ0) is 7.19. The van der Waals surface area contributed by atoms with Crippen molar-refractivity contribution in [1.82, 2.24) is 0 Å². The first-order valence-corrected chi connectivity index (χ1v) is 3.94. The molecule has 0 amide bonds. The fourth-order valence-corrected chi connectivity index (χ4v) is 2.20. The second-order valence-corrected chi connectivity index (χ2v) is 3.71. The van der Waals surface area contributed by atoms with Crippen LogP contribution in [0, 0.1) is 11.3 Å². The maximum Gasteiger partial charge on any atom is 0.0582 e. The molecule has 1 atom stereocenters. The van der Waals surface area contributed by atoms with Crippen molar-refractivity contribution in [3.63, 3.8) is 0 Å². The van der Waals surface area contributed by atoms with E-state index in [0.29, 0.717) is 24.0 Å². The van der Waals surface area contributed by atoms with Crippen molar-refractivity contribution < 1.29 is 9.84 Å². The first-order valence-electron chi connectivity index (χ1n) is 3.94. The molecule has 1 N–H and O–H groups in total. The molecule has 2 fully saturated rings. The SMILES string of the molecule is COC1CC2(C1)CC2CO. The van der Waals surface area contributed by atoms with Crippen molar-refractivity contribution in [2.24, 2.45) is 11.3 Å². The first-order chi connectivity index (χ1) is 4.80. The molecule has 58 valence electrons. The minimum Gasteiger partial charge on any atom is -0.396 e. The Hall–Kier alpha value is -0.0800. The smallest absolute Gasteiger partial charge is 0.0582 e. The second-order valence-electron chi connectivity index (χ2n) is 3.71. The van der Waals surface area contributed by atoms with E-state index in [1.807, 2.05) is 0 Å². The van der Waals surface area contributed by atoms with Crippen LogP contribution in [0.15, 0.2) is 0 Å². The number of ether oxygens (including phenoxy) is 1. The second kappa shape index (κ2) is 1.95. The van der Waals surface area contributed by atoms with Crippen LogP contribution in [0.3, 0.4) is 0 Å². The fraction of sp³-hybridized carbons (Fsp3) is 1.00. The van der Waals surface area contributed by atoms with Gasteiger partial charge in [0.15, 0.2) is 0 Å². The molecule has 2 nitrogen and oxygen atoms in total. The van der Waals surface area contributed by atoms with Gasteiger partial charge in [0.25, 0.3) is 0 Å². The molecule has 0 aromatic carbocycles. The van der Waals surface area contributed by atoms with Crippen LogP contribution in [0.1, 0.15) is 19.3 Å². The molecule has 2 aliphatic rings. The molecule has 2 heteroatoms. The number of methoxy groups -OCH3 is 1. The number of aliphatic hydroxyl groups is 1. The van der Waals surface area contributed by atoms with Gasteiger partial charge in [0.2, 0.25) is 0 Å². The van der Waals surface area contributed by atoms with Gasteiger partial charge in [0.05, 0.1) is 6.10 Å². The van der Waals surface area contributed by atoms with Gasteiger partial charge in [-0.3, -0.25) is 0 Å². The van der Waals surface area contributed by atoms with E-state index in [0.717, 1.165) is 0 Å². The Bertz CT molecular complexity index is 138. The van der Waals surface area contributed by atoms with Gasteiger partial charge < -0.3 is 9.84 Å². The van der Waals surface area contributed by atoms with Crippen molar-refractivity contribution in [1.29, 1.82) is 0 Å². The molecule has 0 heterocycles. The van der Waals surface area contributed by atoms with Gasteiger partial charge in [-0.05, 0) is 30.6 Å². The Labute approximate surface area is 61.2 Å². The number of rotatable bonds is 2. The molecule has 2 rings (SSSR count). The molecular weight excluding hydrogens is 128 g/mol. The first kappa shape index (κ1) is 6.62. The van der Waals surface area contributed by atoms with Crippen LogP contribution in [-0.4, -0.2) is 24.9 Å². The standard InChI is InChI=1S/C8H14O2/c1-10-7-3-8(4-7)2-6(8)5-9/h6-7,9H,2-5H2,1H3. The minimum atomic E-state index is 0.385. The highest BCUT2D eigenvalue weighted by atomic mass is 16.5. The lowest BCUT2D eigenvalue weighted by atomic mass is 9.77. The summed E-state index contributed by atoms with van der Waals surface area (Å²) in [4.78, 5) is 0. The lowest BCUT2D eigenvalue weighted by molar-refractivity contribution is -0.0204. The highest BCUT2D eigenvalue weighted by Gasteiger charge is 2.61. The van der Waals surface area contributed by atoms with Gasteiger partial charge in [0.1, 0.15) is 0 Å². The zero-order valence-electron chi connectivity index (χ0n) is 6.34. The van der Waals surface area contributed by atoms with Crippen LogP contribution in [0.25, 0.3) is 0 Å². The Morgan fingerprint density at radius 3 is 2.60 bits per heavy atom. The van der Waals surface area contributed by atoms with Crippen LogP contribution >= 0.6 is 0 Å². The highest BCUT2D eigenvalue weighted by Crippen LogP contribution is 2.65. The molecule has 10 heavy (non-hydrogen) atoms. The lowest BCUT2D eigenvalue weighted by Gasteiger charge is -2.35. The Balaban J connectivity index is 1.81. The van der Waals surface area contributed by atoms with E-state index < -0.39 is 0 Å². The Kier molecular flexibility index (Phi) is 1.29. The Morgan fingerprint density at radius 1 is 1.50 bits per heavy atom. The number of hydrogen-bond donors (Lipinski definition) is 1. The number of hydrogen-bond acceptors (Lipinski definition) is 2. The summed E-state index contributed by atoms with van der Waals surface area (Å²) in [5, 5.41) is 8.82. The van der Waals surface area contributed by atoms with Crippen molar-refractivity contribution in [3.05, 3.63) is 0 Å². The maximum atomic E-state index is 8.82. The normalized spacial score (nSPS) is 51.0. The maximum absolute atomic E-state index is 8.82. The van der Waals surface area contributed by atoms with Crippen LogP contribution in [0.4, 0.5) is 0 Å². The van der Waals surface area contributed by atoms with E-state index in [1.54, 1.807) is 7.11 Å². The van der Waals surface area contributed by atoms with Crippen LogP contribution in [-0.2, 0) is 4.74 Å². The van der Waals surface area contributed by atoms with Gasteiger partial charge in [-0.1, -0.05) is 0 Å².